The molecule has 0 aliphatic heterocycles. The lowest BCUT2D eigenvalue weighted by molar-refractivity contribution is -0.129. The molecule has 2 nitrogen and oxygen atoms in total. The number of Topliss-reactive ketones (excluding diaryl/α,β-unsaturated/α-hetero) is 1. The van der Waals surface area contributed by atoms with E-state index in [-0.39, 0.29) is 5.41 Å². The molecule has 0 N–H and O–H groups in total. The first-order chi connectivity index (χ1) is 13.6. The topological polar surface area (TPSA) is 26.3 Å². The molecule has 2 fully saturated rings. The molecule has 0 saturated heterocycles. The normalized spacial score (nSPS) is 31.2. The quantitative estimate of drug-likeness (QED) is 0.322. The number of hydrogen-bond acceptors (Lipinski definition) is 2. The van der Waals surface area contributed by atoms with Crippen molar-refractivity contribution < 1.29 is 9.53 Å². The Morgan fingerprint density at radius 3 is 2.75 bits per heavy atom. The number of carbonyl (C=O) groups excluding carboxylic acids is 1. The zero-order valence-corrected chi connectivity index (χ0v) is 18.9. The molecule has 3 aliphatic rings. The van der Waals surface area contributed by atoms with Crippen molar-refractivity contribution in [2.24, 2.45) is 17.3 Å². The minimum absolute atomic E-state index is 0.0176. The van der Waals surface area contributed by atoms with Crippen molar-refractivity contribution in [1.82, 2.24) is 0 Å². The summed E-state index contributed by atoms with van der Waals surface area (Å²) in [5, 5.41) is 1.12. The van der Waals surface area contributed by atoms with Crippen LogP contribution in [-0.4, -0.2) is 17.7 Å². The number of ketones is 1. The minimum Gasteiger partial charge on any atom is -0.494 e. The second-order valence-corrected chi connectivity index (χ2v) is 10.3. The fraction of sp³-hybridized carbons (Fsp3) is 0.720. The number of hydrogen-bond donors (Lipinski definition) is 0. The summed E-state index contributed by atoms with van der Waals surface area (Å²) in [7, 11) is 0. The second kappa shape index (κ2) is 8.90. The molecule has 0 amide bonds. The molecule has 0 aromatic heterocycles. The lowest BCUT2D eigenvalue weighted by atomic mass is 9.55. The van der Waals surface area contributed by atoms with Crippen LogP contribution in [0.2, 0.25) is 0 Å². The van der Waals surface area contributed by atoms with Gasteiger partial charge in [0.25, 0.3) is 0 Å². The van der Waals surface area contributed by atoms with Crippen LogP contribution in [0, 0.1) is 17.3 Å². The summed E-state index contributed by atoms with van der Waals surface area (Å²) in [6.45, 7) is 3.09. The number of rotatable bonds is 8. The number of alkyl halides is 1. The molecule has 0 heterocycles. The average Bonchev–Trinajstić information content (AvgIpc) is 3.02. The van der Waals surface area contributed by atoms with Crippen molar-refractivity contribution in [1.29, 1.82) is 0 Å². The molecule has 1 aromatic rings. The van der Waals surface area contributed by atoms with E-state index in [1.54, 1.807) is 5.56 Å². The minimum atomic E-state index is -0.0176. The van der Waals surface area contributed by atoms with E-state index in [0.717, 1.165) is 49.8 Å². The van der Waals surface area contributed by atoms with E-state index in [0.29, 0.717) is 23.5 Å². The van der Waals surface area contributed by atoms with Gasteiger partial charge in [0.15, 0.2) is 0 Å². The smallest absolute Gasteiger partial charge is 0.139 e. The van der Waals surface area contributed by atoms with Gasteiger partial charge in [0.05, 0.1) is 6.61 Å². The Morgan fingerprint density at radius 2 is 1.89 bits per heavy atom. The molecule has 154 valence electrons. The third kappa shape index (κ3) is 3.93. The Hall–Kier alpha value is -0.830. The third-order valence-corrected chi connectivity index (χ3v) is 8.51. The summed E-state index contributed by atoms with van der Waals surface area (Å²) >= 11 is 3.49. The second-order valence-electron chi connectivity index (χ2n) is 9.50. The maximum atomic E-state index is 12.5. The highest BCUT2D eigenvalue weighted by Gasteiger charge is 2.54. The highest BCUT2D eigenvalue weighted by Crippen LogP contribution is 2.59. The molecule has 0 unspecified atom stereocenters. The van der Waals surface area contributed by atoms with Gasteiger partial charge in [0, 0.05) is 17.2 Å². The first-order valence-electron chi connectivity index (χ1n) is 11.5. The molecule has 4 rings (SSSR count). The van der Waals surface area contributed by atoms with Crippen LogP contribution in [0.25, 0.3) is 0 Å². The van der Waals surface area contributed by atoms with Crippen LogP contribution in [0.4, 0.5) is 0 Å². The van der Waals surface area contributed by atoms with Gasteiger partial charge in [0.2, 0.25) is 0 Å². The fourth-order valence-corrected chi connectivity index (χ4v) is 6.73. The molecule has 3 heteroatoms. The highest BCUT2D eigenvalue weighted by molar-refractivity contribution is 9.09. The van der Waals surface area contributed by atoms with Gasteiger partial charge in [-0.3, -0.25) is 4.79 Å². The van der Waals surface area contributed by atoms with E-state index in [2.05, 4.69) is 41.1 Å². The van der Waals surface area contributed by atoms with E-state index in [1.807, 2.05) is 0 Å². The first-order valence-corrected chi connectivity index (χ1v) is 12.6. The summed E-state index contributed by atoms with van der Waals surface area (Å²) in [6.07, 6.45) is 12.9. The van der Waals surface area contributed by atoms with Crippen molar-refractivity contribution >= 4 is 21.7 Å². The number of benzene rings is 1. The van der Waals surface area contributed by atoms with Crippen LogP contribution >= 0.6 is 15.9 Å². The molecule has 0 spiro atoms. The van der Waals surface area contributed by atoms with Gasteiger partial charge in [-0.15, -0.1) is 0 Å². The van der Waals surface area contributed by atoms with Crippen molar-refractivity contribution in [2.45, 2.75) is 83.5 Å². The van der Waals surface area contributed by atoms with Gasteiger partial charge in [-0.2, -0.15) is 0 Å². The molecule has 0 bridgehead atoms. The van der Waals surface area contributed by atoms with Crippen LogP contribution in [0.5, 0.6) is 5.75 Å². The number of aryl methyl sites for hydroxylation is 1. The molecule has 4 atom stereocenters. The lowest BCUT2D eigenvalue weighted by Gasteiger charge is -2.48. The number of halogens is 1. The van der Waals surface area contributed by atoms with E-state index in [9.17, 15) is 4.79 Å². The Labute approximate surface area is 178 Å². The van der Waals surface area contributed by atoms with Gasteiger partial charge in [-0.1, -0.05) is 48.2 Å². The zero-order chi connectivity index (χ0) is 19.6. The third-order valence-electron chi connectivity index (χ3n) is 7.95. The Bertz CT molecular complexity index is 700. The van der Waals surface area contributed by atoms with E-state index in [4.69, 9.17) is 4.74 Å². The predicted molar refractivity (Wildman–Crippen MR) is 118 cm³/mol. The van der Waals surface area contributed by atoms with Gasteiger partial charge in [0.1, 0.15) is 11.5 Å². The van der Waals surface area contributed by atoms with Gasteiger partial charge in [-0.25, -0.2) is 0 Å². The molecular weight excluding hydrogens is 412 g/mol. The summed E-state index contributed by atoms with van der Waals surface area (Å²) in [5.74, 6) is 3.58. The largest absolute Gasteiger partial charge is 0.494 e. The van der Waals surface area contributed by atoms with Crippen molar-refractivity contribution in [3.05, 3.63) is 29.3 Å². The monoisotopic (exact) mass is 446 g/mol. The zero-order valence-electron chi connectivity index (χ0n) is 17.4. The molecule has 1 aromatic carbocycles. The van der Waals surface area contributed by atoms with Gasteiger partial charge >= 0.3 is 0 Å². The van der Waals surface area contributed by atoms with Crippen LogP contribution < -0.4 is 4.74 Å². The Kier molecular flexibility index (Phi) is 6.50. The molecule has 28 heavy (non-hydrogen) atoms. The van der Waals surface area contributed by atoms with E-state index >= 15 is 0 Å². The lowest BCUT2D eigenvalue weighted by Crippen LogP contribution is -2.42. The predicted octanol–water partition coefficient (Wildman–Crippen LogP) is 6.84. The molecule has 3 aliphatic carbocycles. The van der Waals surface area contributed by atoms with E-state index < -0.39 is 0 Å². The standard InChI is InChI=1S/C25H35BrO2/c1-25-14-13-21-20-10-8-19(28-16-6-4-2-3-5-15-26)17-18(20)7-9-22(21)23(25)11-12-24(25)27/h8,10,17,21-23H,2-7,9,11-16H2,1H3/t21-,22-,23+,25+/m1/s1. The van der Waals surface area contributed by atoms with Crippen molar-refractivity contribution in [2.75, 3.05) is 11.9 Å². The van der Waals surface area contributed by atoms with Gasteiger partial charge in [-0.05, 0) is 86.0 Å². The number of ether oxygens (including phenoxy) is 1. The summed E-state index contributed by atoms with van der Waals surface area (Å²) in [6, 6.07) is 6.85. The highest BCUT2D eigenvalue weighted by atomic mass is 79.9. The van der Waals surface area contributed by atoms with Gasteiger partial charge < -0.3 is 4.74 Å². The van der Waals surface area contributed by atoms with Crippen LogP contribution in [-0.2, 0) is 11.2 Å². The Morgan fingerprint density at radius 1 is 1.07 bits per heavy atom. The average molecular weight is 447 g/mol. The molecular formula is C25H35BrO2. The van der Waals surface area contributed by atoms with Crippen LogP contribution in [0.3, 0.4) is 0 Å². The summed E-state index contributed by atoms with van der Waals surface area (Å²) < 4.78 is 6.06. The maximum Gasteiger partial charge on any atom is 0.139 e. The fourth-order valence-electron chi connectivity index (χ4n) is 6.34. The molecule has 0 radical (unpaired) electrons. The Balaban J connectivity index is 1.35. The summed E-state index contributed by atoms with van der Waals surface area (Å²) in [4.78, 5) is 12.5. The number of unbranched alkanes of at least 4 members (excludes halogenated alkanes) is 4. The van der Waals surface area contributed by atoms with Crippen molar-refractivity contribution in [3.63, 3.8) is 0 Å². The summed E-state index contributed by atoms with van der Waals surface area (Å²) in [5.41, 5.74) is 3.04. The van der Waals surface area contributed by atoms with Crippen LogP contribution in [0.15, 0.2) is 18.2 Å². The number of carbonyl (C=O) groups is 1. The maximum absolute atomic E-state index is 12.5. The number of fused-ring (bicyclic) bond motifs is 5. The van der Waals surface area contributed by atoms with Crippen molar-refractivity contribution in [3.8, 4) is 5.75 Å². The van der Waals surface area contributed by atoms with E-state index in [1.165, 1.54) is 44.1 Å². The molecule has 2 saturated carbocycles. The SMILES string of the molecule is C[C@]12CC[C@@H]3c4ccc(OCCCCCCCBr)cc4CC[C@H]3[C@@H]1CCC2=O. The van der Waals surface area contributed by atoms with Crippen LogP contribution in [0.1, 0.15) is 88.2 Å². The first kappa shape index (κ1) is 20.4.